The minimum Gasteiger partial charge on any atom is -0.382 e. The van der Waals surface area contributed by atoms with Gasteiger partial charge in [-0.1, -0.05) is 0 Å². The number of fused-ring (bicyclic) bond motifs is 1. The van der Waals surface area contributed by atoms with Crippen molar-refractivity contribution >= 4 is 27.7 Å². The number of nitrogens with two attached hydrogens (primary N) is 1. The molecule has 0 aliphatic rings. The molecule has 9 heteroatoms. The van der Waals surface area contributed by atoms with Gasteiger partial charge in [-0.15, -0.1) is 0 Å². The van der Waals surface area contributed by atoms with Crippen LogP contribution in [-0.4, -0.2) is 31.1 Å². The minimum atomic E-state index is -1.57. The molecule has 0 saturated heterocycles. The van der Waals surface area contributed by atoms with Gasteiger partial charge in [0.15, 0.2) is 5.82 Å². The van der Waals surface area contributed by atoms with Gasteiger partial charge in [0, 0.05) is 30.7 Å². The number of anilines is 1. The summed E-state index contributed by atoms with van der Waals surface area (Å²) in [6.07, 6.45) is 0.509. The zero-order valence-corrected chi connectivity index (χ0v) is 17.5. The molecule has 0 radical (unpaired) electrons. The first-order chi connectivity index (χ1) is 13.8. The fourth-order valence-electron chi connectivity index (χ4n) is 3.21. The first-order valence-corrected chi connectivity index (χ1v) is 10.7. The first kappa shape index (κ1) is 21.3. The molecule has 156 valence electrons. The van der Waals surface area contributed by atoms with Gasteiger partial charge >= 0.3 is 0 Å². The molecule has 1 atom stereocenters. The lowest BCUT2D eigenvalue weighted by atomic mass is 10.2. The van der Waals surface area contributed by atoms with Gasteiger partial charge in [0.2, 0.25) is 0 Å². The number of hydrogen-bond donors (Lipinski definition) is 1. The van der Waals surface area contributed by atoms with Crippen LogP contribution in [0.1, 0.15) is 30.4 Å². The van der Waals surface area contributed by atoms with Gasteiger partial charge in [0.05, 0.1) is 21.2 Å². The molecule has 0 bridgehead atoms. The molecule has 1 aromatic carbocycles. The molecule has 3 rings (SSSR count). The Hall–Kier alpha value is -2.39. The third-order valence-corrected chi connectivity index (χ3v) is 6.24. The van der Waals surface area contributed by atoms with E-state index in [2.05, 4.69) is 9.97 Å². The van der Waals surface area contributed by atoms with Crippen molar-refractivity contribution in [2.45, 2.75) is 45.2 Å². The van der Waals surface area contributed by atoms with E-state index < -0.39 is 22.4 Å². The Morgan fingerprint density at radius 1 is 1.24 bits per heavy atom. The van der Waals surface area contributed by atoms with Gasteiger partial charge in [-0.2, -0.15) is 0 Å². The molecule has 2 heterocycles. The molecule has 0 aliphatic carbocycles. The van der Waals surface area contributed by atoms with Crippen molar-refractivity contribution in [1.29, 1.82) is 0 Å². The van der Waals surface area contributed by atoms with E-state index in [4.69, 9.17) is 10.5 Å². The second-order valence-corrected chi connectivity index (χ2v) is 8.24. The molecule has 0 aliphatic heterocycles. The fourth-order valence-corrected chi connectivity index (χ4v) is 4.32. The van der Waals surface area contributed by atoms with Gasteiger partial charge in [-0.25, -0.2) is 18.7 Å². The largest absolute Gasteiger partial charge is 0.382 e. The monoisotopic (exact) mass is 422 g/mol. The second kappa shape index (κ2) is 8.96. The maximum atomic E-state index is 13.9. The van der Waals surface area contributed by atoms with E-state index in [1.54, 1.807) is 0 Å². The summed E-state index contributed by atoms with van der Waals surface area (Å²) in [5.74, 6) is -0.182. The minimum absolute atomic E-state index is 0.0110. The number of nitrogen functional groups attached to an aromatic ring is 1. The van der Waals surface area contributed by atoms with E-state index >= 15 is 0 Å². The maximum Gasteiger partial charge on any atom is 0.151 e. The Kier molecular flexibility index (Phi) is 6.59. The number of aryl methyl sites for hydroxylation is 3. The number of pyridine rings is 1. The van der Waals surface area contributed by atoms with Gasteiger partial charge < -0.3 is 15.0 Å². The fraction of sp³-hybridized carbons (Fsp3) is 0.400. The van der Waals surface area contributed by atoms with Crippen molar-refractivity contribution in [1.82, 2.24) is 14.5 Å². The number of rotatable bonds is 8. The molecular formula is C20H24F2N4O2S. The predicted octanol–water partition coefficient (Wildman–Crippen LogP) is 3.64. The van der Waals surface area contributed by atoms with Gasteiger partial charge in [-0.3, -0.25) is 4.21 Å². The predicted molar refractivity (Wildman–Crippen MR) is 109 cm³/mol. The van der Waals surface area contributed by atoms with Crippen molar-refractivity contribution < 1.29 is 17.7 Å². The lowest BCUT2D eigenvalue weighted by Crippen LogP contribution is -2.10. The highest BCUT2D eigenvalue weighted by atomic mass is 32.2. The number of ether oxygens (including phenoxy) is 1. The Labute approximate surface area is 170 Å². The highest BCUT2D eigenvalue weighted by molar-refractivity contribution is 7.85. The summed E-state index contributed by atoms with van der Waals surface area (Å²) < 4.78 is 46.9. The van der Waals surface area contributed by atoms with Crippen molar-refractivity contribution in [3.05, 3.63) is 46.9 Å². The maximum absolute atomic E-state index is 13.9. The summed E-state index contributed by atoms with van der Waals surface area (Å²) in [5.41, 5.74) is 9.35. The van der Waals surface area contributed by atoms with E-state index in [1.807, 2.05) is 25.3 Å². The normalized spacial score (nSPS) is 12.6. The molecule has 2 aromatic heterocycles. The molecule has 0 amide bonds. The van der Waals surface area contributed by atoms with Crippen LogP contribution in [0.25, 0.3) is 11.0 Å². The van der Waals surface area contributed by atoms with Crippen LogP contribution in [0.3, 0.4) is 0 Å². The van der Waals surface area contributed by atoms with E-state index in [9.17, 15) is 13.0 Å². The van der Waals surface area contributed by atoms with Crippen molar-refractivity contribution in [3.8, 4) is 0 Å². The summed E-state index contributed by atoms with van der Waals surface area (Å²) in [4.78, 5) is 8.96. The number of aromatic nitrogens is 3. The summed E-state index contributed by atoms with van der Waals surface area (Å²) in [6.45, 7) is 7.12. The van der Waals surface area contributed by atoms with Crippen LogP contribution >= 0.6 is 0 Å². The third-order valence-electron chi connectivity index (χ3n) is 4.76. The zero-order chi connectivity index (χ0) is 21.1. The van der Waals surface area contributed by atoms with Crippen LogP contribution in [0.4, 0.5) is 14.6 Å². The zero-order valence-electron chi connectivity index (χ0n) is 16.7. The Morgan fingerprint density at radius 3 is 2.69 bits per heavy atom. The quantitative estimate of drug-likeness (QED) is 0.599. The molecule has 0 spiro atoms. The Balaban J connectivity index is 1.85. The van der Waals surface area contributed by atoms with Crippen LogP contribution in [0, 0.1) is 25.5 Å². The topological polar surface area (TPSA) is 83.0 Å². The number of imidazole rings is 1. The standard InChI is InChI=1S/C20H24F2N4O2S/c1-4-28-11-17-25-18-19(12(2)13(3)24-20(18)23)26(17)8-5-9-29(27)16-7-6-14(21)10-15(16)22/h6-7,10H,4-5,8-9,11H2,1-3H3,(H2,23,24). The summed E-state index contributed by atoms with van der Waals surface area (Å²) in [5, 5.41) is 0. The van der Waals surface area contributed by atoms with Gasteiger partial charge in [0.25, 0.3) is 0 Å². The number of halogens is 2. The summed E-state index contributed by atoms with van der Waals surface area (Å²) in [6, 6.07) is 3.09. The Bertz CT molecular complexity index is 1070. The Morgan fingerprint density at radius 2 is 2.00 bits per heavy atom. The van der Waals surface area contributed by atoms with Crippen molar-refractivity contribution in [2.75, 3.05) is 18.1 Å². The van der Waals surface area contributed by atoms with Gasteiger partial charge in [-0.05, 0) is 44.9 Å². The first-order valence-electron chi connectivity index (χ1n) is 9.36. The third kappa shape index (κ3) is 4.45. The molecule has 2 N–H and O–H groups in total. The lowest BCUT2D eigenvalue weighted by Gasteiger charge is -2.12. The smallest absolute Gasteiger partial charge is 0.151 e. The van der Waals surface area contributed by atoms with E-state index in [1.165, 1.54) is 6.07 Å². The lowest BCUT2D eigenvalue weighted by molar-refractivity contribution is 0.126. The molecule has 0 fully saturated rings. The number of benzene rings is 1. The van der Waals surface area contributed by atoms with Crippen LogP contribution in [0.5, 0.6) is 0 Å². The molecule has 3 aromatic rings. The van der Waals surface area contributed by atoms with Crippen LogP contribution in [-0.2, 0) is 28.7 Å². The number of hydrogen-bond acceptors (Lipinski definition) is 5. The molecular weight excluding hydrogens is 398 g/mol. The van der Waals surface area contributed by atoms with E-state index in [0.717, 1.165) is 28.9 Å². The van der Waals surface area contributed by atoms with Crippen molar-refractivity contribution in [3.63, 3.8) is 0 Å². The molecule has 0 saturated carbocycles. The van der Waals surface area contributed by atoms with Crippen molar-refractivity contribution in [2.24, 2.45) is 0 Å². The number of nitrogens with zero attached hydrogens (tertiary/aromatic N) is 3. The van der Waals surface area contributed by atoms with E-state index in [-0.39, 0.29) is 10.6 Å². The summed E-state index contributed by atoms with van der Waals surface area (Å²) >= 11 is 0. The molecule has 29 heavy (non-hydrogen) atoms. The molecule has 1 unspecified atom stereocenters. The van der Waals surface area contributed by atoms with Crippen LogP contribution < -0.4 is 5.73 Å². The van der Waals surface area contributed by atoms with Gasteiger partial charge in [0.1, 0.15) is 29.6 Å². The second-order valence-electron chi connectivity index (χ2n) is 6.70. The molecule has 6 nitrogen and oxygen atoms in total. The average Bonchev–Trinajstić information content (AvgIpc) is 3.03. The summed E-state index contributed by atoms with van der Waals surface area (Å²) in [7, 11) is -1.57. The SMILES string of the molecule is CCOCc1nc2c(N)nc(C)c(C)c2n1CCCS(=O)c1ccc(F)cc1F. The highest BCUT2D eigenvalue weighted by Gasteiger charge is 2.18. The van der Waals surface area contributed by atoms with E-state index in [0.29, 0.717) is 43.3 Å². The average molecular weight is 423 g/mol. The van der Waals surface area contributed by atoms with Crippen LogP contribution in [0.15, 0.2) is 23.1 Å². The highest BCUT2D eigenvalue weighted by Crippen LogP contribution is 2.27. The van der Waals surface area contributed by atoms with Crippen LogP contribution in [0.2, 0.25) is 0 Å².